The summed E-state index contributed by atoms with van der Waals surface area (Å²) in [5, 5.41) is 4.30. The van der Waals surface area contributed by atoms with Crippen LogP contribution in [0, 0.1) is 12.7 Å². The standard InChI is InChI=1S/C17H20FN3O/c1-3-9-21-12(2)15(11-19-21)17(22)20-10-8-16(20)13-4-6-14(18)7-5-13/h4-7,11,16H,3,8-10H2,1-2H3. The lowest BCUT2D eigenvalue weighted by atomic mass is 9.94. The minimum atomic E-state index is -0.252. The van der Waals surface area contributed by atoms with Crippen LogP contribution in [0.15, 0.2) is 30.5 Å². The number of hydrogen-bond donors (Lipinski definition) is 0. The van der Waals surface area contributed by atoms with Gasteiger partial charge in [0.2, 0.25) is 0 Å². The monoisotopic (exact) mass is 301 g/mol. The lowest BCUT2D eigenvalue weighted by Gasteiger charge is -2.41. The highest BCUT2D eigenvalue weighted by Crippen LogP contribution is 2.34. The third kappa shape index (κ3) is 2.51. The molecule has 1 unspecified atom stereocenters. The van der Waals surface area contributed by atoms with Crippen molar-refractivity contribution in [1.29, 1.82) is 0 Å². The number of rotatable bonds is 4. The van der Waals surface area contributed by atoms with Gasteiger partial charge in [0.25, 0.3) is 5.91 Å². The van der Waals surface area contributed by atoms with E-state index < -0.39 is 0 Å². The van der Waals surface area contributed by atoms with Gasteiger partial charge in [0.1, 0.15) is 5.82 Å². The van der Waals surface area contributed by atoms with Gasteiger partial charge in [0.15, 0.2) is 0 Å². The molecular formula is C17H20FN3O. The van der Waals surface area contributed by atoms with Gasteiger partial charge in [-0.25, -0.2) is 4.39 Å². The van der Waals surface area contributed by atoms with Crippen molar-refractivity contribution in [2.75, 3.05) is 6.54 Å². The number of amides is 1. The summed E-state index contributed by atoms with van der Waals surface area (Å²) in [6.07, 6.45) is 3.56. The third-order valence-corrected chi connectivity index (χ3v) is 4.30. The first-order chi connectivity index (χ1) is 10.6. The second kappa shape index (κ2) is 5.91. The Morgan fingerprint density at radius 3 is 2.68 bits per heavy atom. The maximum Gasteiger partial charge on any atom is 0.257 e. The van der Waals surface area contributed by atoms with Gasteiger partial charge in [-0.2, -0.15) is 5.10 Å². The highest BCUT2D eigenvalue weighted by molar-refractivity contribution is 5.95. The second-order valence-electron chi connectivity index (χ2n) is 5.72. The molecule has 22 heavy (non-hydrogen) atoms. The molecule has 0 radical (unpaired) electrons. The fourth-order valence-corrected chi connectivity index (χ4v) is 2.91. The van der Waals surface area contributed by atoms with E-state index in [1.807, 2.05) is 16.5 Å². The summed E-state index contributed by atoms with van der Waals surface area (Å²) in [5.41, 5.74) is 2.57. The maximum atomic E-state index is 13.0. The van der Waals surface area contributed by atoms with Crippen molar-refractivity contribution in [3.05, 3.63) is 53.1 Å². The van der Waals surface area contributed by atoms with Crippen molar-refractivity contribution in [3.63, 3.8) is 0 Å². The third-order valence-electron chi connectivity index (χ3n) is 4.30. The second-order valence-corrected chi connectivity index (χ2v) is 5.72. The number of nitrogens with zero attached hydrogens (tertiary/aromatic N) is 3. The first kappa shape index (κ1) is 14.8. The normalized spacial score (nSPS) is 17.4. The molecule has 5 heteroatoms. The van der Waals surface area contributed by atoms with Gasteiger partial charge >= 0.3 is 0 Å². The molecule has 1 aromatic carbocycles. The molecule has 1 aliphatic rings. The first-order valence-corrected chi connectivity index (χ1v) is 7.70. The zero-order chi connectivity index (χ0) is 15.7. The van der Waals surface area contributed by atoms with Crippen LogP contribution in [0.1, 0.15) is 47.4 Å². The van der Waals surface area contributed by atoms with E-state index in [2.05, 4.69) is 12.0 Å². The van der Waals surface area contributed by atoms with Crippen LogP contribution in [-0.2, 0) is 6.54 Å². The molecule has 1 atom stereocenters. The number of halogens is 1. The molecule has 3 rings (SSSR count). The predicted molar refractivity (Wildman–Crippen MR) is 82.0 cm³/mol. The highest BCUT2D eigenvalue weighted by atomic mass is 19.1. The first-order valence-electron chi connectivity index (χ1n) is 7.70. The van der Waals surface area contributed by atoms with Gasteiger partial charge in [-0.15, -0.1) is 0 Å². The molecule has 0 bridgehead atoms. The van der Waals surface area contributed by atoms with Crippen molar-refractivity contribution < 1.29 is 9.18 Å². The van der Waals surface area contributed by atoms with Crippen LogP contribution in [0.5, 0.6) is 0 Å². The van der Waals surface area contributed by atoms with Gasteiger partial charge in [-0.05, 0) is 37.5 Å². The Morgan fingerprint density at radius 2 is 2.09 bits per heavy atom. The number of aryl methyl sites for hydroxylation is 1. The Bertz CT molecular complexity index is 678. The van der Waals surface area contributed by atoms with E-state index in [9.17, 15) is 9.18 Å². The average Bonchev–Trinajstić information content (AvgIpc) is 2.82. The lowest BCUT2D eigenvalue weighted by molar-refractivity contribution is 0.0459. The smallest absolute Gasteiger partial charge is 0.257 e. The molecule has 0 aliphatic carbocycles. The van der Waals surface area contributed by atoms with E-state index in [1.165, 1.54) is 12.1 Å². The zero-order valence-electron chi connectivity index (χ0n) is 12.9. The van der Waals surface area contributed by atoms with Crippen molar-refractivity contribution in [2.45, 2.75) is 39.3 Å². The van der Waals surface area contributed by atoms with E-state index >= 15 is 0 Å². The molecule has 1 amide bonds. The van der Waals surface area contributed by atoms with E-state index in [0.29, 0.717) is 5.56 Å². The lowest BCUT2D eigenvalue weighted by Crippen LogP contribution is -2.45. The topological polar surface area (TPSA) is 38.1 Å². The fourth-order valence-electron chi connectivity index (χ4n) is 2.91. The predicted octanol–water partition coefficient (Wildman–Crippen LogP) is 3.33. The van der Waals surface area contributed by atoms with Gasteiger partial charge in [0.05, 0.1) is 17.8 Å². The number of hydrogen-bond acceptors (Lipinski definition) is 2. The van der Waals surface area contributed by atoms with E-state index in [0.717, 1.165) is 37.2 Å². The van der Waals surface area contributed by atoms with Crippen LogP contribution in [-0.4, -0.2) is 27.1 Å². The van der Waals surface area contributed by atoms with Crippen LogP contribution in [0.25, 0.3) is 0 Å². The summed E-state index contributed by atoms with van der Waals surface area (Å²) in [6.45, 7) is 5.57. The Labute approximate surface area is 129 Å². The Hall–Kier alpha value is -2.17. The number of benzene rings is 1. The summed E-state index contributed by atoms with van der Waals surface area (Å²) < 4.78 is 14.9. The largest absolute Gasteiger partial charge is 0.331 e. The maximum absolute atomic E-state index is 13.0. The minimum absolute atomic E-state index is 0.0143. The number of carbonyl (C=O) groups is 1. The van der Waals surface area contributed by atoms with Crippen LogP contribution in [0.4, 0.5) is 4.39 Å². The minimum Gasteiger partial charge on any atom is -0.331 e. The van der Waals surface area contributed by atoms with Crippen LogP contribution in [0.2, 0.25) is 0 Å². The SMILES string of the molecule is CCCn1ncc(C(=O)N2CCC2c2ccc(F)cc2)c1C. The summed E-state index contributed by atoms with van der Waals surface area (Å²) in [7, 11) is 0. The molecule has 1 aliphatic heterocycles. The average molecular weight is 301 g/mol. The number of likely N-dealkylation sites (tertiary alicyclic amines) is 1. The van der Waals surface area contributed by atoms with Gasteiger partial charge in [0, 0.05) is 18.8 Å². The van der Waals surface area contributed by atoms with Crippen LogP contribution >= 0.6 is 0 Å². The summed E-state index contributed by atoms with van der Waals surface area (Å²) >= 11 is 0. The fraction of sp³-hybridized carbons (Fsp3) is 0.412. The van der Waals surface area contributed by atoms with Crippen LogP contribution < -0.4 is 0 Å². The number of carbonyl (C=O) groups excluding carboxylic acids is 1. The molecule has 2 heterocycles. The molecule has 116 valence electrons. The van der Waals surface area contributed by atoms with Gasteiger partial charge in [-0.3, -0.25) is 9.48 Å². The molecule has 1 aromatic heterocycles. The van der Waals surface area contributed by atoms with Gasteiger partial charge < -0.3 is 4.90 Å². The molecule has 2 aromatic rings. The van der Waals surface area contributed by atoms with E-state index in [-0.39, 0.29) is 17.8 Å². The molecule has 0 saturated carbocycles. The summed E-state index contributed by atoms with van der Waals surface area (Å²) in [6, 6.07) is 6.45. The highest BCUT2D eigenvalue weighted by Gasteiger charge is 2.35. The van der Waals surface area contributed by atoms with Crippen molar-refractivity contribution in [2.24, 2.45) is 0 Å². The number of aromatic nitrogens is 2. The molecular weight excluding hydrogens is 281 g/mol. The quantitative estimate of drug-likeness (QED) is 0.869. The Kier molecular flexibility index (Phi) is 3.96. The zero-order valence-corrected chi connectivity index (χ0v) is 12.9. The Morgan fingerprint density at radius 1 is 1.36 bits per heavy atom. The van der Waals surface area contributed by atoms with E-state index in [4.69, 9.17) is 0 Å². The van der Waals surface area contributed by atoms with Crippen LogP contribution in [0.3, 0.4) is 0 Å². The van der Waals surface area contributed by atoms with Crippen molar-refractivity contribution in [3.8, 4) is 0 Å². The van der Waals surface area contributed by atoms with Crippen molar-refractivity contribution >= 4 is 5.91 Å². The molecule has 0 N–H and O–H groups in total. The summed E-state index contributed by atoms with van der Waals surface area (Å²) in [5.74, 6) is -0.238. The Balaban J connectivity index is 1.79. The summed E-state index contributed by atoms with van der Waals surface area (Å²) in [4.78, 5) is 14.6. The van der Waals surface area contributed by atoms with E-state index in [1.54, 1.807) is 18.3 Å². The molecule has 1 fully saturated rings. The van der Waals surface area contributed by atoms with Crippen molar-refractivity contribution in [1.82, 2.24) is 14.7 Å². The molecule has 0 spiro atoms. The molecule has 4 nitrogen and oxygen atoms in total. The molecule has 1 saturated heterocycles. The van der Waals surface area contributed by atoms with Gasteiger partial charge in [-0.1, -0.05) is 19.1 Å².